The number of hydrogen-bond donors (Lipinski definition) is 2. The summed E-state index contributed by atoms with van der Waals surface area (Å²) in [6.45, 7) is 2.74. The summed E-state index contributed by atoms with van der Waals surface area (Å²) in [5, 5.41) is 3.27. The third-order valence-corrected chi connectivity index (χ3v) is 4.70. The molecule has 0 radical (unpaired) electrons. The number of anilines is 1. The second kappa shape index (κ2) is 6.65. The lowest BCUT2D eigenvalue weighted by Gasteiger charge is -2.22. The summed E-state index contributed by atoms with van der Waals surface area (Å²) >= 11 is 0. The Kier molecular flexibility index (Phi) is 4.21. The molecule has 1 fully saturated rings. The first-order chi connectivity index (χ1) is 11.8. The van der Waals surface area contributed by atoms with Crippen molar-refractivity contribution in [2.24, 2.45) is 5.92 Å². The number of nitrogens with one attached hydrogen (secondary N) is 2. The molecule has 0 spiro atoms. The van der Waals surface area contributed by atoms with Crippen molar-refractivity contribution in [3.05, 3.63) is 51.4 Å². The standard InChI is InChI=1S/C18H21N3O3/c22-17-14-9-13-3-1-2-4-16(13)24-11-15(14)20-18(21-17)19-10-12-5-7-23-8-6-12/h1-4,12H,5-11H2,(H2,19,20,21,22). The van der Waals surface area contributed by atoms with E-state index in [0.717, 1.165) is 43.9 Å². The van der Waals surface area contributed by atoms with Gasteiger partial charge in [0.25, 0.3) is 5.56 Å². The highest BCUT2D eigenvalue weighted by Gasteiger charge is 2.19. The van der Waals surface area contributed by atoms with E-state index in [1.807, 2.05) is 24.3 Å². The second-order valence-electron chi connectivity index (χ2n) is 6.35. The Bertz CT molecular complexity index is 781. The normalized spacial score (nSPS) is 17.3. The lowest BCUT2D eigenvalue weighted by Crippen LogP contribution is -2.26. The fraction of sp³-hybridized carbons (Fsp3) is 0.444. The Morgan fingerprint density at radius 1 is 1.25 bits per heavy atom. The Labute approximate surface area is 140 Å². The molecule has 2 aliphatic heterocycles. The van der Waals surface area contributed by atoms with Crippen LogP contribution in [0.1, 0.15) is 29.7 Å². The van der Waals surface area contributed by atoms with Gasteiger partial charge < -0.3 is 14.8 Å². The first-order valence-corrected chi connectivity index (χ1v) is 8.44. The van der Waals surface area contributed by atoms with Crippen molar-refractivity contribution in [1.29, 1.82) is 0 Å². The molecule has 2 N–H and O–H groups in total. The van der Waals surface area contributed by atoms with Crippen LogP contribution in [0, 0.1) is 5.92 Å². The van der Waals surface area contributed by atoms with E-state index in [9.17, 15) is 4.79 Å². The van der Waals surface area contributed by atoms with E-state index >= 15 is 0 Å². The molecule has 1 aromatic heterocycles. The molecule has 0 bridgehead atoms. The van der Waals surface area contributed by atoms with Gasteiger partial charge in [0.1, 0.15) is 12.4 Å². The van der Waals surface area contributed by atoms with Crippen LogP contribution in [0.2, 0.25) is 0 Å². The number of ether oxygens (including phenoxy) is 2. The minimum atomic E-state index is -0.0882. The van der Waals surface area contributed by atoms with Gasteiger partial charge in [-0.15, -0.1) is 0 Å². The lowest BCUT2D eigenvalue weighted by molar-refractivity contribution is 0.0699. The molecule has 1 saturated heterocycles. The molecule has 2 aliphatic rings. The van der Waals surface area contributed by atoms with Gasteiger partial charge in [0.2, 0.25) is 5.95 Å². The van der Waals surface area contributed by atoms with Crippen molar-refractivity contribution >= 4 is 5.95 Å². The molecule has 0 atom stereocenters. The molecule has 3 heterocycles. The summed E-state index contributed by atoms with van der Waals surface area (Å²) < 4.78 is 11.2. The maximum absolute atomic E-state index is 12.5. The van der Waals surface area contributed by atoms with Gasteiger partial charge in [0.15, 0.2) is 0 Å². The zero-order valence-corrected chi connectivity index (χ0v) is 13.5. The van der Waals surface area contributed by atoms with Gasteiger partial charge in [-0.1, -0.05) is 18.2 Å². The average Bonchev–Trinajstić information content (AvgIpc) is 2.81. The number of rotatable bonds is 3. The van der Waals surface area contributed by atoms with Crippen LogP contribution in [0.15, 0.2) is 29.1 Å². The smallest absolute Gasteiger partial charge is 0.256 e. The quantitative estimate of drug-likeness (QED) is 0.903. The Morgan fingerprint density at radius 2 is 2.08 bits per heavy atom. The van der Waals surface area contributed by atoms with Crippen molar-refractivity contribution in [2.75, 3.05) is 25.1 Å². The predicted octanol–water partition coefficient (Wildman–Crippen LogP) is 2.09. The van der Waals surface area contributed by atoms with Crippen molar-refractivity contribution in [2.45, 2.75) is 25.9 Å². The van der Waals surface area contributed by atoms with Gasteiger partial charge in [-0.3, -0.25) is 9.78 Å². The highest BCUT2D eigenvalue weighted by Crippen LogP contribution is 2.26. The molecule has 4 rings (SSSR count). The minimum Gasteiger partial charge on any atom is -0.487 e. The van der Waals surface area contributed by atoms with Crippen LogP contribution in [0.3, 0.4) is 0 Å². The maximum atomic E-state index is 12.5. The molecular weight excluding hydrogens is 306 g/mol. The van der Waals surface area contributed by atoms with Crippen LogP contribution in [-0.2, 0) is 17.8 Å². The van der Waals surface area contributed by atoms with Gasteiger partial charge in [0.05, 0.1) is 5.69 Å². The van der Waals surface area contributed by atoms with Gasteiger partial charge in [0, 0.05) is 31.7 Å². The second-order valence-corrected chi connectivity index (χ2v) is 6.35. The predicted molar refractivity (Wildman–Crippen MR) is 90.5 cm³/mol. The summed E-state index contributed by atoms with van der Waals surface area (Å²) in [5.41, 5.74) is 2.34. The Hall–Kier alpha value is -2.34. The van der Waals surface area contributed by atoms with Gasteiger partial charge in [-0.05, 0) is 30.4 Å². The summed E-state index contributed by atoms with van der Waals surface area (Å²) in [6.07, 6.45) is 2.63. The van der Waals surface area contributed by atoms with Crippen LogP contribution in [0.25, 0.3) is 0 Å². The Balaban J connectivity index is 1.53. The number of H-pyrrole nitrogens is 1. The number of benzene rings is 1. The number of aromatic amines is 1. The largest absolute Gasteiger partial charge is 0.487 e. The first-order valence-electron chi connectivity index (χ1n) is 8.44. The van der Waals surface area contributed by atoms with E-state index < -0.39 is 0 Å². The van der Waals surface area contributed by atoms with Crippen LogP contribution >= 0.6 is 0 Å². The molecule has 6 nitrogen and oxygen atoms in total. The number of fused-ring (bicyclic) bond motifs is 2. The number of nitrogens with zero attached hydrogens (tertiary/aromatic N) is 1. The lowest BCUT2D eigenvalue weighted by atomic mass is 10.0. The van der Waals surface area contributed by atoms with Crippen LogP contribution in [0.4, 0.5) is 5.95 Å². The van der Waals surface area contributed by atoms with E-state index in [1.165, 1.54) is 0 Å². The average molecular weight is 327 g/mol. The molecule has 24 heavy (non-hydrogen) atoms. The molecule has 126 valence electrons. The number of aromatic nitrogens is 2. The van der Waals surface area contributed by atoms with Crippen LogP contribution < -0.4 is 15.6 Å². The first kappa shape index (κ1) is 15.2. The molecule has 0 aliphatic carbocycles. The molecular formula is C18H21N3O3. The van der Waals surface area contributed by atoms with Crippen molar-refractivity contribution in [3.8, 4) is 5.75 Å². The molecule has 0 unspecified atom stereocenters. The van der Waals surface area contributed by atoms with Crippen LogP contribution in [0.5, 0.6) is 5.75 Å². The third-order valence-electron chi connectivity index (χ3n) is 4.70. The summed E-state index contributed by atoms with van der Waals surface area (Å²) in [6, 6.07) is 7.81. The minimum absolute atomic E-state index is 0.0882. The highest BCUT2D eigenvalue weighted by atomic mass is 16.5. The van der Waals surface area contributed by atoms with Gasteiger partial charge in [-0.2, -0.15) is 0 Å². The number of hydrogen-bond acceptors (Lipinski definition) is 5. The fourth-order valence-corrected chi connectivity index (χ4v) is 3.25. The van der Waals surface area contributed by atoms with Gasteiger partial charge in [-0.25, -0.2) is 4.98 Å². The summed E-state index contributed by atoms with van der Waals surface area (Å²) in [4.78, 5) is 19.9. The molecule has 6 heteroatoms. The van der Waals surface area contributed by atoms with E-state index in [2.05, 4.69) is 15.3 Å². The van der Waals surface area contributed by atoms with Gasteiger partial charge >= 0.3 is 0 Å². The highest BCUT2D eigenvalue weighted by molar-refractivity contribution is 5.41. The van der Waals surface area contributed by atoms with Crippen molar-refractivity contribution in [1.82, 2.24) is 9.97 Å². The third kappa shape index (κ3) is 3.14. The van der Waals surface area contributed by atoms with Crippen LogP contribution in [-0.4, -0.2) is 29.7 Å². The Morgan fingerprint density at radius 3 is 2.96 bits per heavy atom. The molecule has 2 aromatic rings. The molecule has 1 aromatic carbocycles. The monoisotopic (exact) mass is 327 g/mol. The topological polar surface area (TPSA) is 76.2 Å². The zero-order chi connectivity index (χ0) is 16.4. The van der Waals surface area contributed by atoms with Crippen molar-refractivity contribution < 1.29 is 9.47 Å². The summed E-state index contributed by atoms with van der Waals surface area (Å²) in [5.74, 6) is 1.91. The molecule has 0 amide bonds. The summed E-state index contributed by atoms with van der Waals surface area (Å²) in [7, 11) is 0. The maximum Gasteiger partial charge on any atom is 0.256 e. The van der Waals surface area contributed by atoms with E-state index in [-0.39, 0.29) is 5.56 Å². The SMILES string of the molecule is O=c1[nH]c(NCC2CCOCC2)nc2c1Cc1ccccc1OC2. The van der Waals surface area contributed by atoms with E-state index in [4.69, 9.17) is 9.47 Å². The molecule has 0 saturated carbocycles. The zero-order valence-electron chi connectivity index (χ0n) is 13.5. The number of para-hydroxylation sites is 1. The fourth-order valence-electron chi connectivity index (χ4n) is 3.25. The van der Waals surface area contributed by atoms with Crippen molar-refractivity contribution in [3.63, 3.8) is 0 Å². The van der Waals surface area contributed by atoms with E-state index in [1.54, 1.807) is 0 Å². The van der Waals surface area contributed by atoms with E-state index in [0.29, 0.717) is 36.2 Å².